The average Bonchev–Trinajstić information content (AvgIpc) is 2.83. The minimum Gasteiger partial charge on any atom is -0.454 e. The summed E-state index contributed by atoms with van der Waals surface area (Å²) in [5.41, 5.74) is 0.620. The van der Waals surface area contributed by atoms with Crippen molar-refractivity contribution in [3.8, 4) is 11.5 Å². The number of hydrogen-bond donors (Lipinski definition) is 2. The normalized spacial score (nSPS) is 21.8. The van der Waals surface area contributed by atoms with E-state index in [1.54, 1.807) is 0 Å². The van der Waals surface area contributed by atoms with E-state index in [2.05, 4.69) is 12.2 Å². The molecule has 1 aliphatic heterocycles. The van der Waals surface area contributed by atoms with E-state index in [1.807, 2.05) is 18.2 Å². The topological polar surface area (TPSA) is 50.7 Å². The Labute approximate surface area is 126 Å². The quantitative estimate of drug-likeness (QED) is 0.838. The maximum atomic E-state index is 9.95. The molecule has 1 aromatic carbocycles. The highest BCUT2D eigenvalue weighted by molar-refractivity contribution is 5.46. The van der Waals surface area contributed by atoms with E-state index in [9.17, 15) is 5.11 Å². The lowest BCUT2D eigenvalue weighted by molar-refractivity contribution is 0.156. The number of fused-ring (bicyclic) bond motifs is 1. The predicted octanol–water partition coefficient (Wildman–Crippen LogP) is 2.94. The minimum atomic E-state index is -0.435. The number of ether oxygens (including phenoxy) is 2. The van der Waals surface area contributed by atoms with Crippen molar-refractivity contribution < 1.29 is 14.6 Å². The zero-order chi connectivity index (χ0) is 14.7. The second kappa shape index (κ2) is 6.24. The molecule has 2 N–H and O–H groups in total. The van der Waals surface area contributed by atoms with Crippen molar-refractivity contribution in [3.63, 3.8) is 0 Å². The summed E-state index contributed by atoms with van der Waals surface area (Å²) in [6.45, 7) is 2.42. The van der Waals surface area contributed by atoms with E-state index < -0.39 is 5.54 Å². The third-order valence-electron chi connectivity index (χ3n) is 4.70. The molecule has 1 aromatic rings. The Morgan fingerprint density at radius 1 is 1.14 bits per heavy atom. The third kappa shape index (κ3) is 3.16. The summed E-state index contributed by atoms with van der Waals surface area (Å²) in [5, 5.41) is 13.6. The molecule has 1 aliphatic carbocycles. The van der Waals surface area contributed by atoms with Crippen molar-refractivity contribution in [2.45, 2.75) is 57.0 Å². The molecule has 0 saturated heterocycles. The van der Waals surface area contributed by atoms with Crippen LogP contribution in [0.15, 0.2) is 18.2 Å². The number of nitrogens with one attached hydrogen (secondary N) is 1. The molecule has 0 bridgehead atoms. The minimum absolute atomic E-state index is 0.0726. The Hall–Kier alpha value is -1.26. The van der Waals surface area contributed by atoms with E-state index in [0.717, 1.165) is 17.1 Å². The van der Waals surface area contributed by atoms with Crippen LogP contribution in [-0.2, 0) is 5.54 Å². The monoisotopic (exact) mass is 291 g/mol. The fourth-order valence-corrected chi connectivity index (χ4v) is 3.33. The lowest BCUT2D eigenvalue weighted by Crippen LogP contribution is -2.48. The van der Waals surface area contributed by atoms with Gasteiger partial charge in [0.2, 0.25) is 6.79 Å². The Morgan fingerprint density at radius 3 is 2.57 bits per heavy atom. The summed E-state index contributed by atoms with van der Waals surface area (Å²) in [5.74, 6) is 1.56. The van der Waals surface area contributed by atoms with Gasteiger partial charge in [0.1, 0.15) is 0 Å². The number of rotatable bonds is 4. The molecule has 4 nitrogen and oxygen atoms in total. The van der Waals surface area contributed by atoms with E-state index in [-0.39, 0.29) is 13.4 Å². The number of hydrogen-bond acceptors (Lipinski definition) is 4. The van der Waals surface area contributed by atoms with Crippen LogP contribution in [0.4, 0.5) is 0 Å². The highest BCUT2D eigenvalue weighted by Gasteiger charge is 2.30. The molecule has 1 saturated carbocycles. The number of aliphatic hydroxyl groups is 1. The molecule has 21 heavy (non-hydrogen) atoms. The highest BCUT2D eigenvalue weighted by Crippen LogP contribution is 2.36. The summed E-state index contributed by atoms with van der Waals surface area (Å²) >= 11 is 0. The summed E-state index contributed by atoms with van der Waals surface area (Å²) < 4.78 is 10.8. The third-order valence-corrected chi connectivity index (χ3v) is 4.70. The molecule has 2 aliphatic rings. The molecule has 3 rings (SSSR count). The first-order chi connectivity index (χ1) is 10.2. The van der Waals surface area contributed by atoms with E-state index in [4.69, 9.17) is 9.47 Å². The summed E-state index contributed by atoms with van der Waals surface area (Å²) in [6, 6.07) is 6.42. The maximum Gasteiger partial charge on any atom is 0.231 e. The molecule has 1 atom stereocenters. The van der Waals surface area contributed by atoms with Crippen LogP contribution in [0.1, 0.15) is 51.0 Å². The Kier molecular flexibility index (Phi) is 4.36. The van der Waals surface area contributed by atoms with E-state index in [0.29, 0.717) is 6.04 Å². The molecule has 0 spiro atoms. The SMILES string of the molecule is CC(CO)(NC1CCCCCC1)c1ccc2c(c1)OCO2. The first kappa shape index (κ1) is 14.7. The Balaban J connectivity index is 1.78. The largest absolute Gasteiger partial charge is 0.454 e. The van der Waals surface area contributed by atoms with Crippen LogP contribution in [0.5, 0.6) is 11.5 Å². The van der Waals surface area contributed by atoms with Gasteiger partial charge < -0.3 is 19.9 Å². The van der Waals surface area contributed by atoms with Crippen molar-refractivity contribution in [2.24, 2.45) is 0 Å². The first-order valence-corrected chi connectivity index (χ1v) is 8.00. The van der Waals surface area contributed by atoms with Crippen LogP contribution in [0, 0.1) is 0 Å². The Bertz CT molecular complexity index is 483. The standard InChI is InChI=1S/C17H25NO3/c1-17(11-19,18-14-6-4-2-3-5-7-14)13-8-9-15-16(10-13)21-12-20-15/h8-10,14,18-19H,2-7,11-12H2,1H3. The highest BCUT2D eigenvalue weighted by atomic mass is 16.7. The van der Waals surface area contributed by atoms with Crippen molar-refractivity contribution >= 4 is 0 Å². The van der Waals surface area contributed by atoms with Gasteiger partial charge in [-0.2, -0.15) is 0 Å². The summed E-state index contributed by atoms with van der Waals surface area (Å²) in [6.07, 6.45) is 7.61. The molecule has 1 heterocycles. The van der Waals surface area contributed by atoms with Crippen LogP contribution in [0.3, 0.4) is 0 Å². The zero-order valence-corrected chi connectivity index (χ0v) is 12.7. The van der Waals surface area contributed by atoms with E-state index >= 15 is 0 Å². The van der Waals surface area contributed by atoms with Crippen molar-refractivity contribution in [1.82, 2.24) is 5.32 Å². The summed E-state index contributed by atoms with van der Waals surface area (Å²) in [4.78, 5) is 0. The van der Waals surface area contributed by atoms with Gasteiger partial charge in [0.25, 0.3) is 0 Å². The van der Waals surface area contributed by atoms with Gasteiger partial charge in [-0.15, -0.1) is 0 Å². The van der Waals surface area contributed by atoms with Crippen LogP contribution < -0.4 is 14.8 Å². The summed E-state index contributed by atoms with van der Waals surface area (Å²) in [7, 11) is 0. The molecule has 0 amide bonds. The van der Waals surface area contributed by atoms with Crippen molar-refractivity contribution in [2.75, 3.05) is 13.4 Å². The van der Waals surface area contributed by atoms with E-state index in [1.165, 1.54) is 38.5 Å². The van der Waals surface area contributed by atoms with Gasteiger partial charge >= 0.3 is 0 Å². The van der Waals surface area contributed by atoms with Crippen LogP contribution in [-0.4, -0.2) is 24.5 Å². The fourth-order valence-electron chi connectivity index (χ4n) is 3.33. The first-order valence-electron chi connectivity index (χ1n) is 8.00. The van der Waals surface area contributed by atoms with Gasteiger partial charge in [-0.1, -0.05) is 31.7 Å². The molecule has 1 unspecified atom stereocenters. The molecule has 0 aromatic heterocycles. The van der Waals surface area contributed by atoms with Crippen molar-refractivity contribution in [1.29, 1.82) is 0 Å². The second-order valence-corrected chi connectivity index (χ2v) is 6.39. The second-order valence-electron chi connectivity index (χ2n) is 6.39. The van der Waals surface area contributed by atoms with Crippen LogP contribution in [0.25, 0.3) is 0 Å². The lowest BCUT2D eigenvalue weighted by atomic mass is 9.90. The Morgan fingerprint density at radius 2 is 1.86 bits per heavy atom. The lowest BCUT2D eigenvalue weighted by Gasteiger charge is -2.34. The molecule has 116 valence electrons. The molecular formula is C17H25NO3. The van der Waals surface area contributed by atoms with Gasteiger partial charge in [-0.25, -0.2) is 0 Å². The van der Waals surface area contributed by atoms with Gasteiger partial charge in [0, 0.05) is 6.04 Å². The zero-order valence-electron chi connectivity index (χ0n) is 12.7. The molecule has 1 fully saturated rings. The number of benzene rings is 1. The number of aliphatic hydroxyl groups excluding tert-OH is 1. The predicted molar refractivity (Wildman–Crippen MR) is 81.6 cm³/mol. The smallest absolute Gasteiger partial charge is 0.231 e. The van der Waals surface area contributed by atoms with Crippen LogP contribution >= 0.6 is 0 Å². The van der Waals surface area contributed by atoms with Gasteiger partial charge in [0.15, 0.2) is 11.5 Å². The molecule has 0 radical (unpaired) electrons. The van der Waals surface area contributed by atoms with Crippen molar-refractivity contribution in [3.05, 3.63) is 23.8 Å². The average molecular weight is 291 g/mol. The van der Waals surface area contributed by atoms with Gasteiger partial charge in [0.05, 0.1) is 12.1 Å². The van der Waals surface area contributed by atoms with Gasteiger partial charge in [-0.05, 0) is 37.5 Å². The van der Waals surface area contributed by atoms with Gasteiger partial charge in [-0.3, -0.25) is 0 Å². The molecular weight excluding hydrogens is 266 g/mol. The fraction of sp³-hybridized carbons (Fsp3) is 0.647. The van der Waals surface area contributed by atoms with Crippen LogP contribution in [0.2, 0.25) is 0 Å². The molecule has 4 heteroatoms. The maximum absolute atomic E-state index is 9.95.